The van der Waals surface area contributed by atoms with Gasteiger partial charge in [-0.1, -0.05) is 57.3 Å². The van der Waals surface area contributed by atoms with Gasteiger partial charge in [0.15, 0.2) is 0 Å². The predicted molar refractivity (Wildman–Crippen MR) is 122 cm³/mol. The average Bonchev–Trinajstić information content (AvgIpc) is 2.73. The summed E-state index contributed by atoms with van der Waals surface area (Å²) in [5.74, 6) is 0.544. The molecule has 0 amide bonds. The molecule has 3 aromatic rings. The van der Waals surface area contributed by atoms with Crippen molar-refractivity contribution < 1.29 is 9.66 Å². The number of halogens is 3. The van der Waals surface area contributed by atoms with Gasteiger partial charge in [0.1, 0.15) is 12.4 Å². The molecular weight excluding hydrogens is 491 g/mol. The van der Waals surface area contributed by atoms with Crippen molar-refractivity contribution in [3.63, 3.8) is 0 Å². The predicted octanol–water partition coefficient (Wildman–Crippen LogP) is 7.31. The van der Waals surface area contributed by atoms with Gasteiger partial charge in [0.2, 0.25) is 0 Å². The zero-order valence-corrected chi connectivity index (χ0v) is 18.4. The standard InChI is InChI=1S/C22H13BrCl2N2O3/c23-18-5-7-22(30-13-14-4-6-20(24)21(25)8-14)16(10-18)9-17(12-26)15-2-1-3-19(11-15)27(28)29/h1-11H,13H2/b17-9-. The minimum Gasteiger partial charge on any atom is -0.488 e. The molecule has 8 heteroatoms. The Labute approximate surface area is 191 Å². The van der Waals surface area contributed by atoms with Gasteiger partial charge >= 0.3 is 0 Å². The highest BCUT2D eigenvalue weighted by Gasteiger charge is 2.11. The van der Waals surface area contributed by atoms with Crippen molar-refractivity contribution in [1.82, 2.24) is 0 Å². The van der Waals surface area contributed by atoms with Crippen LogP contribution in [0.25, 0.3) is 11.6 Å². The van der Waals surface area contributed by atoms with E-state index in [4.69, 9.17) is 27.9 Å². The highest BCUT2D eigenvalue weighted by atomic mass is 79.9. The molecular formula is C22H13BrCl2N2O3. The van der Waals surface area contributed by atoms with Gasteiger partial charge in [0.25, 0.3) is 5.69 Å². The van der Waals surface area contributed by atoms with E-state index in [0.29, 0.717) is 26.9 Å². The van der Waals surface area contributed by atoms with Gasteiger partial charge in [-0.2, -0.15) is 5.26 Å². The van der Waals surface area contributed by atoms with Crippen molar-refractivity contribution in [3.8, 4) is 11.8 Å². The number of non-ortho nitro benzene ring substituents is 1. The number of nitro benzene ring substituents is 1. The molecule has 0 aromatic heterocycles. The van der Waals surface area contributed by atoms with Crippen LogP contribution in [-0.4, -0.2) is 4.92 Å². The molecule has 0 atom stereocenters. The molecule has 0 saturated heterocycles. The molecule has 0 bridgehead atoms. The van der Waals surface area contributed by atoms with Crippen LogP contribution in [0.3, 0.4) is 0 Å². The lowest BCUT2D eigenvalue weighted by molar-refractivity contribution is -0.384. The second-order valence-electron chi connectivity index (χ2n) is 6.20. The largest absolute Gasteiger partial charge is 0.488 e. The highest BCUT2D eigenvalue weighted by Crippen LogP contribution is 2.30. The topological polar surface area (TPSA) is 76.2 Å². The number of allylic oxidation sites excluding steroid dienone is 1. The van der Waals surface area contributed by atoms with E-state index < -0.39 is 4.92 Å². The number of hydrogen-bond acceptors (Lipinski definition) is 4. The van der Waals surface area contributed by atoms with Crippen LogP contribution < -0.4 is 4.74 Å². The lowest BCUT2D eigenvalue weighted by atomic mass is 10.0. The highest BCUT2D eigenvalue weighted by molar-refractivity contribution is 9.10. The Morgan fingerprint density at radius 2 is 1.93 bits per heavy atom. The number of rotatable bonds is 6. The quantitative estimate of drug-likeness (QED) is 0.153. The van der Waals surface area contributed by atoms with E-state index in [2.05, 4.69) is 22.0 Å². The van der Waals surface area contributed by atoms with Crippen molar-refractivity contribution in [2.45, 2.75) is 6.61 Å². The molecule has 3 rings (SSSR count). The van der Waals surface area contributed by atoms with Crippen molar-refractivity contribution >= 4 is 56.5 Å². The Hall–Kier alpha value is -2.85. The first-order valence-electron chi connectivity index (χ1n) is 8.60. The summed E-state index contributed by atoms with van der Waals surface area (Å²) in [5.41, 5.74) is 2.12. The molecule has 0 aliphatic carbocycles. The van der Waals surface area contributed by atoms with Crippen LogP contribution in [0, 0.1) is 21.4 Å². The van der Waals surface area contributed by atoms with Gasteiger partial charge < -0.3 is 4.74 Å². The van der Waals surface area contributed by atoms with Crippen molar-refractivity contribution in [1.29, 1.82) is 5.26 Å². The van der Waals surface area contributed by atoms with E-state index in [0.717, 1.165) is 10.0 Å². The summed E-state index contributed by atoms with van der Waals surface area (Å²) in [6.45, 7) is 0.248. The maximum absolute atomic E-state index is 11.0. The van der Waals surface area contributed by atoms with Crippen LogP contribution >= 0.6 is 39.1 Å². The van der Waals surface area contributed by atoms with Crippen LogP contribution in [0.4, 0.5) is 5.69 Å². The number of nitrogens with zero attached hydrogens (tertiary/aromatic N) is 2. The summed E-state index contributed by atoms with van der Waals surface area (Å²) in [4.78, 5) is 10.5. The molecule has 0 aliphatic heterocycles. The van der Waals surface area contributed by atoms with E-state index in [-0.39, 0.29) is 17.9 Å². The van der Waals surface area contributed by atoms with Crippen LogP contribution in [0.15, 0.2) is 65.1 Å². The third-order valence-electron chi connectivity index (χ3n) is 4.14. The van der Waals surface area contributed by atoms with Gasteiger partial charge in [0.05, 0.1) is 26.6 Å². The van der Waals surface area contributed by atoms with Gasteiger partial charge in [-0.3, -0.25) is 10.1 Å². The SMILES string of the molecule is N#C/C(=C/c1cc(Br)ccc1OCc1ccc(Cl)c(Cl)c1)c1cccc([N+](=O)[O-])c1. The Morgan fingerprint density at radius 1 is 1.13 bits per heavy atom. The van der Waals surface area contributed by atoms with Crippen LogP contribution in [0.2, 0.25) is 10.0 Å². The smallest absolute Gasteiger partial charge is 0.270 e. The summed E-state index contributed by atoms with van der Waals surface area (Å²) in [6, 6.07) is 18.7. The summed E-state index contributed by atoms with van der Waals surface area (Å²) in [5, 5.41) is 21.6. The van der Waals surface area contributed by atoms with Crippen molar-refractivity contribution in [2.75, 3.05) is 0 Å². The molecule has 30 heavy (non-hydrogen) atoms. The Morgan fingerprint density at radius 3 is 2.63 bits per heavy atom. The van der Waals surface area contributed by atoms with Crippen molar-refractivity contribution in [2.24, 2.45) is 0 Å². The number of nitro groups is 1. The number of ether oxygens (including phenoxy) is 1. The lowest BCUT2D eigenvalue weighted by Crippen LogP contribution is -1.97. The first-order chi connectivity index (χ1) is 14.4. The molecule has 0 radical (unpaired) electrons. The van der Waals surface area contributed by atoms with Gasteiger partial charge in [-0.25, -0.2) is 0 Å². The Balaban J connectivity index is 1.93. The molecule has 0 aliphatic rings. The first kappa shape index (κ1) is 21.8. The zero-order chi connectivity index (χ0) is 21.7. The van der Waals surface area contributed by atoms with E-state index >= 15 is 0 Å². The van der Waals surface area contributed by atoms with Crippen molar-refractivity contribution in [3.05, 3.63) is 102 Å². The fourth-order valence-electron chi connectivity index (χ4n) is 2.68. The number of nitriles is 1. The minimum absolute atomic E-state index is 0.0843. The van der Waals surface area contributed by atoms with Gasteiger partial charge in [-0.15, -0.1) is 0 Å². The molecule has 150 valence electrons. The zero-order valence-electron chi connectivity index (χ0n) is 15.3. The van der Waals surface area contributed by atoms with Gasteiger partial charge in [0, 0.05) is 22.2 Å². The fourth-order valence-corrected chi connectivity index (χ4v) is 3.38. The maximum Gasteiger partial charge on any atom is 0.270 e. The summed E-state index contributed by atoms with van der Waals surface area (Å²) in [6.07, 6.45) is 1.63. The first-order valence-corrected chi connectivity index (χ1v) is 10.1. The van der Waals surface area contributed by atoms with E-state index in [1.807, 2.05) is 12.1 Å². The van der Waals surface area contributed by atoms with E-state index in [1.54, 1.807) is 42.5 Å². The molecule has 5 nitrogen and oxygen atoms in total. The van der Waals surface area contributed by atoms with Crippen LogP contribution in [0.1, 0.15) is 16.7 Å². The molecule has 0 saturated carbocycles. The number of benzene rings is 3. The summed E-state index contributed by atoms with van der Waals surface area (Å²) < 4.78 is 6.73. The molecule has 0 N–H and O–H groups in total. The summed E-state index contributed by atoms with van der Waals surface area (Å²) >= 11 is 15.4. The van der Waals surface area contributed by atoms with E-state index in [1.165, 1.54) is 12.1 Å². The van der Waals surface area contributed by atoms with Crippen LogP contribution in [0.5, 0.6) is 5.75 Å². The lowest BCUT2D eigenvalue weighted by Gasteiger charge is -2.11. The molecule has 3 aromatic carbocycles. The average molecular weight is 504 g/mol. The Bertz CT molecular complexity index is 1190. The molecule has 0 fully saturated rings. The van der Waals surface area contributed by atoms with E-state index in [9.17, 15) is 15.4 Å². The van der Waals surface area contributed by atoms with Crippen LogP contribution in [-0.2, 0) is 6.61 Å². The third-order valence-corrected chi connectivity index (χ3v) is 5.37. The monoisotopic (exact) mass is 502 g/mol. The molecule has 0 spiro atoms. The normalized spacial score (nSPS) is 11.1. The molecule has 0 heterocycles. The fraction of sp³-hybridized carbons (Fsp3) is 0.0455. The second kappa shape index (κ2) is 9.77. The maximum atomic E-state index is 11.0. The molecule has 0 unspecified atom stereocenters. The minimum atomic E-state index is -0.497. The summed E-state index contributed by atoms with van der Waals surface area (Å²) in [7, 11) is 0. The Kier molecular flexibility index (Phi) is 7.11. The second-order valence-corrected chi connectivity index (χ2v) is 7.93. The van der Waals surface area contributed by atoms with Gasteiger partial charge in [-0.05, 0) is 47.5 Å². The number of hydrogen-bond donors (Lipinski definition) is 0. The third kappa shape index (κ3) is 5.39.